The fourth-order valence-electron chi connectivity index (χ4n) is 3.62. The molecule has 1 N–H and O–H groups in total. The van der Waals surface area contributed by atoms with Crippen LogP contribution in [-0.2, 0) is 16.1 Å². The zero-order chi connectivity index (χ0) is 21.1. The molecule has 0 radical (unpaired) electrons. The Labute approximate surface area is 175 Å². The molecule has 1 aromatic carbocycles. The lowest BCUT2D eigenvalue weighted by molar-refractivity contribution is -0.146. The average molecular weight is 405 g/mol. The molecular formula is C22H36N4O3. The molecule has 1 aliphatic rings. The molecule has 0 aliphatic carbocycles. The van der Waals surface area contributed by atoms with Gasteiger partial charge >= 0.3 is 5.97 Å². The molecule has 162 valence electrons. The summed E-state index contributed by atoms with van der Waals surface area (Å²) in [7, 11) is 3.25. The van der Waals surface area contributed by atoms with Gasteiger partial charge < -0.3 is 24.6 Å². The highest BCUT2D eigenvalue weighted by Gasteiger charge is 2.27. The number of piperidine rings is 1. The predicted octanol–water partition coefficient (Wildman–Crippen LogP) is 2.37. The van der Waals surface area contributed by atoms with E-state index in [2.05, 4.69) is 40.0 Å². The number of ether oxygens (including phenoxy) is 2. The van der Waals surface area contributed by atoms with Gasteiger partial charge in [-0.2, -0.15) is 0 Å². The van der Waals surface area contributed by atoms with Crippen molar-refractivity contribution in [1.82, 2.24) is 15.1 Å². The van der Waals surface area contributed by atoms with E-state index in [1.165, 1.54) is 7.11 Å². The average Bonchev–Trinajstić information content (AvgIpc) is 2.78. The lowest BCUT2D eigenvalue weighted by Gasteiger charge is -2.33. The highest BCUT2D eigenvalue weighted by molar-refractivity contribution is 5.80. The molecule has 2 rings (SSSR count). The van der Waals surface area contributed by atoms with E-state index in [1.54, 1.807) is 7.05 Å². The van der Waals surface area contributed by atoms with Crippen molar-refractivity contribution < 1.29 is 14.3 Å². The Morgan fingerprint density at radius 1 is 1.24 bits per heavy atom. The third-order valence-electron chi connectivity index (χ3n) is 5.51. The fraction of sp³-hybridized carbons (Fsp3) is 0.636. The zero-order valence-corrected chi connectivity index (χ0v) is 18.3. The van der Waals surface area contributed by atoms with Crippen molar-refractivity contribution in [3.63, 3.8) is 0 Å². The number of esters is 1. The number of methoxy groups -OCH3 is 1. The Bertz CT molecular complexity index is 653. The molecule has 0 unspecified atom stereocenters. The third kappa shape index (κ3) is 6.92. The van der Waals surface area contributed by atoms with Crippen molar-refractivity contribution in [2.45, 2.75) is 33.2 Å². The van der Waals surface area contributed by atoms with Crippen LogP contribution in [0.2, 0.25) is 0 Å². The van der Waals surface area contributed by atoms with Gasteiger partial charge in [-0.25, -0.2) is 0 Å². The van der Waals surface area contributed by atoms with Crippen molar-refractivity contribution in [2.75, 3.05) is 53.5 Å². The van der Waals surface area contributed by atoms with Crippen molar-refractivity contribution in [2.24, 2.45) is 10.9 Å². The second-order valence-corrected chi connectivity index (χ2v) is 7.17. The van der Waals surface area contributed by atoms with E-state index >= 15 is 0 Å². The minimum Gasteiger partial charge on any atom is -0.492 e. The van der Waals surface area contributed by atoms with E-state index in [1.807, 2.05) is 18.2 Å². The van der Waals surface area contributed by atoms with E-state index in [-0.39, 0.29) is 11.9 Å². The third-order valence-corrected chi connectivity index (χ3v) is 5.51. The van der Waals surface area contributed by atoms with Gasteiger partial charge in [0, 0.05) is 38.8 Å². The number of carbonyl (C=O) groups excluding carboxylic acids is 1. The van der Waals surface area contributed by atoms with Gasteiger partial charge in [0.25, 0.3) is 0 Å². The van der Waals surface area contributed by atoms with Crippen LogP contribution in [0.3, 0.4) is 0 Å². The van der Waals surface area contributed by atoms with E-state index in [0.717, 1.165) is 62.8 Å². The molecule has 1 aliphatic heterocycles. The lowest BCUT2D eigenvalue weighted by atomic mass is 9.97. The summed E-state index contributed by atoms with van der Waals surface area (Å²) in [6.07, 6.45) is 1.58. The molecule has 29 heavy (non-hydrogen) atoms. The van der Waals surface area contributed by atoms with Gasteiger partial charge in [-0.3, -0.25) is 9.79 Å². The van der Waals surface area contributed by atoms with Crippen LogP contribution < -0.4 is 10.1 Å². The molecule has 7 heteroatoms. The molecule has 1 heterocycles. The second kappa shape index (κ2) is 12.3. The normalized spacial score (nSPS) is 15.5. The summed E-state index contributed by atoms with van der Waals surface area (Å²) in [5, 5.41) is 3.44. The van der Waals surface area contributed by atoms with Crippen molar-refractivity contribution in [3.8, 4) is 5.75 Å². The van der Waals surface area contributed by atoms with Crippen LogP contribution >= 0.6 is 0 Å². The van der Waals surface area contributed by atoms with Gasteiger partial charge in [0.05, 0.1) is 13.0 Å². The van der Waals surface area contributed by atoms with Crippen LogP contribution in [-0.4, -0.2) is 75.2 Å². The first kappa shape index (κ1) is 23.0. The topological polar surface area (TPSA) is 66.4 Å². The number of aliphatic imine (C=N–C) groups is 1. The minimum atomic E-state index is -0.108. The molecule has 0 saturated carbocycles. The van der Waals surface area contributed by atoms with Gasteiger partial charge in [-0.05, 0) is 32.0 Å². The van der Waals surface area contributed by atoms with Crippen LogP contribution in [0.25, 0.3) is 0 Å². The molecule has 1 fully saturated rings. The van der Waals surface area contributed by atoms with Crippen molar-refractivity contribution in [1.29, 1.82) is 0 Å². The number of hydrogen-bond donors (Lipinski definition) is 1. The Hall–Kier alpha value is -2.28. The monoisotopic (exact) mass is 404 g/mol. The number of benzene rings is 1. The number of guanidine groups is 1. The van der Waals surface area contributed by atoms with Gasteiger partial charge in [0.1, 0.15) is 12.4 Å². The number of nitrogens with one attached hydrogen (secondary N) is 1. The summed E-state index contributed by atoms with van der Waals surface area (Å²) >= 11 is 0. The molecule has 0 aromatic heterocycles. The van der Waals surface area contributed by atoms with Crippen LogP contribution in [0.1, 0.15) is 32.3 Å². The molecule has 0 atom stereocenters. The quantitative estimate of drug-likeness (QED) is 0.387. The van der Waals surface area contributed by atoms with E-state index in [9.17, 15) is 4.79 Å². The maximum absolute atomic E-state index is 11.7. The van der Waals surface area contributed by atoms with E-state index in [4.69, 9.17) is 9.47 Å². The molecule has 1 saturated heterocycles. The highest BCUT2D eigenvalue weighted by atomic mass is 16.5. The summed E-state index contributed by atoms with van der Waals surface area (Å²) in [4.78, 5) is 20.7. The second-order valence-electron chi connectivity index (χ2n) is 7.17. The zero-order valence-electron chi connectivity index (χ0n) is 18.3. The summed E-state index contributed by atoms with van der Waals surface area (Å²) < 4.78 is 10.9. The van der Waals surface area contributed by atoms with Crippen molar-refractivity contribution >= 4 is 11.9 Å². The molecule has 0 spiro atoms. The molecular weight excluding hydrogens is 368 g/mol. The standard InChI is InChI=1S/C22H36N4O3/c1-5-25(6-2)15-16-29-20-10-8-7-9-19(20)17-24-22(23-3)26-13-11-18(12-14-26)21(27)28-4/h7-10,18H,5-6,11-17H2,1-4H3,(H,23,24). The van der Waals surface area contributed by atoms with Gasteiger partial charge in [0.15, 0.2) is 5.96 Å². The Morgan fingerprint density at radius 2 is 1.93 bits per heavy atom. The predicted molar refractivity (Wildman–Crippen MR) is 116 cm³/mol. The van der Waals surface area contributed by atoms with Crippen LogP contribution in [0.5, 0.6) is 5.75 Å². The number of hydrogen-bond acceptors (Lipinski definition) is 5. The largest absolute Gasteiger partial charge is 0.492 e. The summed E-state index contributed by atoms with van der Waals surface area (Å²) in [5.74, 6) is 1.65. The SMILES string of the molecule is CCN(CC)CCOc1ccccc1CNC(=NC)N1CCC(C(=O)OC)CC1. The van der Waals surface area contributed by atoms with Crippen LogP contribution in [0.4, 0.5) is 0 Å². The number of para-hydroxylation sites is 1. The van der Waals surface area contributed by atoms with Gasteiger partial charge in [-0.15, -0.1) is 0 Å². The fourth-order valence-corrected chi connectivity index (χ4v) is 3.62. The number of rotatable bonds is 9. The van der Waals surface area contributed by atoms with E-state index < -0.39 is 0 Å². The van der Waals surface area contributed by atoms with Crippen molar-refractivity contribution in [3.05, 3.63) is 29.8 Å². The smallest absolute Gasteiger partial charge is 0.308 e. The Balaban J connectivity index is 1.87. The lowest BCUT2D eigenvalue weighted by Crippen LogP contribution is -2.46. The maximum Gasteiger partial charge on any atom is 0.308 e. The minimum absolute atomic E-state index is 0.00529. The van der Waals surface area contributed by atoms with Gasteiger partial charge in [-0.1, -0.05) is 32.0 Å². The summed E-state index contributed by atoms with van der Waals surface area (Å²) in [6, 6.07) is 8.13. The van der Waals surface area contributed by atoms with Crippen LogP contribution in [0.15, 0.2) is 29.3 Å². The van der Waals surface area contributed by atoms with Gasteiger partial charge in [0.2, 0.25) is 0 Å². The molecule has 1 aromatic rings. The number of likely N-dealkylation sites (N-methyl/N-ethyl adjacent to an activating group) is 1. The molecule has 0 amide bonds. The van der Waals surface area contributed by atoms with E-state index in [0.29, 0.717) is 13.2 Å². The number of nitrogens with zero attached hydrogens (tertiary/aromatic N) is 3. The summed E-state index contributed by atoms with van der Waals surface area (Å²) in [6.45, 7) is 10.2. The summed E-state index contributed by atoms with van der Waals surface area (Å²) in [5.41, 5.74) is 1.11. The number of likely N-dealkylation sites (tertiary alicyclic amines) is 1. The number of carbonyl (C=O) groups is 1. The Kier molecular flexibility index (Phi) is 9.77. The first-order valence-corrected chi connectivity index (χ1v) is 10.6. The first-order valence-electron chi connectivity index (χ1n) is 10.6. The molecule has 0 bridgehead atoms. The molecule has 7 nitrogen and oxygen atoms in total. The Morgan fingerprint density at radius 3 is 2.55 bits per heavy atom. The first-order chi connectivity index (χ1) is 14.1. The highest BCUT2D eigenvalue weighted by Crippen LogP contribution is 2.20. The van der Waals surface area contributed by atoms with Crippen LogP contribution in [0, 0.1) is 5.92 Å². The maximum atomic E-state index is 11.7.